The van der Waals surface area contributed by atoms with Gasteiger partial charge in [-0.3, -0.25) is 4.90 Å². The number of rotatable bonds is 5. The molecule has 0 saturated heterocycles. The molecule has 2 rings (SSSR count). The number of furan rings is 1. The topological polar surface area (TPSA) is 42.4 Å². The highest BCUT2D eigenvalue weighted by molar-refractivity contribution is 7.07. The fraction of sp³-hybridized carbons (Fsp3) is 0.333. The molecule has 0 aliphatic rings. The second kappa shape index (κ2) is 5.30. The van der Waals surface area contributed by atoms with Crippen LogP contribution in [0, 0.1) is 0 Å². The highest BCUT2D eigenvalue weighted by Crippen LogP contribution is 2.22. The summed E-state index contributed by atoms with van der Waals surface area (Å²) in [6.07, 6.45) is 3.48. The van der Waals surface area contributed by atoms with Gasteiger partial charge in [-0.15, -0.1) is 0 Å². The first-order valence-electron chi connectivity index (χ1n) is 5.24. The molecule has 0 aliphatic carbocycles. The maximum absolute atomic E-state index is 5.83. The zero-order chi connectivity index (χ0) is 11.4. The molecule has 2 heterocycles. The SMILES string of the molecule is CN(Cc1ccoc1)C(CN)c1ccsc1. The van der Waals surface area contributed by atoms with Crippen molar-refractivity contribution < 1.29 is 4.42 Å². The van der Waals surface area contributed by atoms with Gasteiger partial charge in [-0.2, -0.15) is 11.3 Å². The summed E-state index contributed by atoms with van der Waals surface area (Å²) in [6, 6.07) is 4.40. The zero-order valence-corrected chi connectivity index (χ0v) is 10.1. The van der Waals surface area contributed by atoms with Gasteiger partial charge in [0.05, 0.1) is 12.5 Å². The number of nitrogens with zero attached hydrogens (tertiary/aromatic N) is 1. The molecular weight excluding hydrogens is 220 g/mol. The molecule has 2 N–H and O–H groups in total. The maximum atomic E-state index is 5.83. The van der Waals surface area contributed by atoms with E-state index in [1.54, 1.807) is 23.9 Å². The lowest BCUT2D eigenvalue weighted by molar-refractivity contribution is 0.241. The third kappa shape index (κ3) is 2.52. The molecule has 2 aromatic heterocycles. The van der Waals surface area contributed by atoms with Crippen molar-refractivity contribution in [3.63, 3.8) is 0 Å². The summed E-state index contributed by atoms with van der Waals surface area (Å²) in [6.45, 7) is 1.49. The molecule has 0 fully saturated rings. The Morgan fingerprint density at radius 3 is 2.94 bits per heavy atom. The monoisotopic (exact) mass is 236 g/mol. The smallest absolute Gasteiger partial charge is 0.0947 e. The number of likely N-dealkylation sites (N-methyl/N-ethyl adjacent to an activating group) is 1. The van der Waals surface area contributed by atoms with E-state index in [2.05, 4.69) is 28.8 Å². The van der Waals surface area contributed by atoms with Crippen molar-refractivity contribution in [3.8, 4) is 0 Å². The Morgan fingerprint density at radius 1 is 1.50 bits per heavy atom. The predicted molar refractivity (Wildman–Crippen MR) is 66.3 cm³/mol. The Kier molecular flexibility index (Phi) is 3.77. The van der Waals surface area contributed by atoms with Crippen LogP contribution in [0.2, 0.25) is 0 Å². The van der Waals surface area contributed by atoms with Crippen molar-refractivity contribution in [1.29, 1.82) is 0 Å². The van der Waals surface area contributed by atoms with Gasteiger partial charge in [-0.1, -0.05) is 0 Å². The van der Waals surface area contributed by atoms with Gasteiger partial charge in [0.25, 0.3) is 0 Å². The van der Waals surface area contributed by atoms with Gasteiger partial charge in [0.15, 0.2) is 0 Å². The number of hydrogen-bond acceptors (Lipinski definition) is 4. The average molecular weight is 236 g/mol. The molecular formula is C12H16N2OS. The maximum Gasteiger partial charge on any atom is 0.0947 e. The highest BCUT2D eigenvalue weighted by atomic mass is 32.1. The van der Waals surface area contributed by atoms with Gasteiger partial charge in [0, 0.05) is 24.7 Å². The molecule has 16 heavy (non-hydrogen) atoms. The molecule has 4 heteroatoms. The van der Waals surface area contributed by atoms with Gasteiger partial charge < -0.3 is 10.2 Å². The Bertz CT molecular complexity index is 397. The van der Waals surface area contributed by atoms with Crippen LogP contribution in [0.3, 0.4) is 0 Å². The fourth-order valence-corrected chi connectivity index (χ4v) is 2.52. The highest BCUT2D eigenvalue weighted by Gasteiger charge is 2.16. The largest absolute Gasteiger partial charge is 0.472 e. The van der Waals surface area contributed by atoms with Crippen LogP contribution in [0.4, 0.5) is 0 Å². The second-order valence-electron chi connectivity index (χ2n) is 3.85. The Hall–Kier alpha value is -1.10. The summed E-state index contributed by atoms with van der Waals surface area (Å²) in [5.74, 6) is 0. The number of nitrogens with two attached hydrogens (primary N) is 1. The molecule has 0 spiro atoms. The summed E-state index contributed by atoms with van der Waals surface area (Å²) in [7, 11) is 2.09. The minimum atomic E-state index is 0.279. The van der Waals surface area contributed by atoms with Gasteiger partial charge in [-0.05, 0) is 35.5 Å². The Balaban J connectivity index is 2.04. The van der Waals surface area contributed by atoms with Crippen LogP contribution in [0.15, 0.2) is 39.8 Å². The molecule has 0 bridgehead atoms. The van der Waals surface area contributed by atoms with Crippen LogP contribution in [0.5, 0.6) is 0 Å². The van der Waals surface area contributed by atoms with Gasteiger partial charge in [-0.25, -0.2) is 0 Å². The minimum Gasteiger partial charge on any atom is -0.472 e. The van der Waals surface area contributed by atoms with Gasteiger partial charge in [0.1, 0.15) is 0 Å². The predicted octanol–water partition coefficient (Wildman–Crippen LogP) is 2.47. The lowest BCUT2D eigenvalue weighted by Gasteiger charge is -2.25. The minimum absolute atomic E-state index is 0.279. The van der Waals surface area contributed by atoms with Crippen LogP contribution < -0.4 is 5.73 Å². The van der Waals surface area contributed by atoms with E-state index in [0.29, 0.717) is 6.54 Å². The van der Waals surface area contributed by atoms with E-state index in [0.717, 1.165) is 6.54 Å². The number of hydrogen-bond donors (Lipinski definition) is 1. The average Bonchev–Trinajstić information content (AvgIpc) is 2.91. The lowest BCUT2D eigenvalue weighted by atomic mass is 10.1. The van der Waals surface area contributed by atoms with E-state index in [-0.39, 0.29) is 6.04 Å². The van der Waals surface area contributed by atoms with E-state index in [1.807, 2.05) is 6.07 Å². The molecule has 0 amide bonds. The van der Waals surface area contributed by atoms with Crippen molar-refractivity contribution in [2.75, 3.05) is 13.6 Å². The molecule has 2 aromatic rings. The van der Waals surface area contributed by atoms with Gasteiger partial charge in [0.2, 0.25) is 0 Å². The molecule has 86 valence electrons. The van der Waals surface area contributed by atoms with Crippen molar-refractivity contribution in [2.24, 2.45) is 5.73 Å². The van der Waals surface area contributed by atoms with Crippen LogP contribution >= 0.6 is 11.3 Å². The quantitative estimate of drug-likeness (QED) is 0.867. The van der Waals surface area contributed by atoms with Crippen molar-refractivity contribution >= 4 is 11.3 Å². The van der Waals surface area contributed by atoms with E-state index >= 15 is 0 Å². The van der Waals surface area contributed by atoms with Crippen LogP contribution in [-0.4, -0.2) is 18.5 Å². The summed E-state index contributed by atoms with van der Waals surface area (Å²) >= 11 is 1.71. The lowest BCUT2D eigenvalue weighted by Crippen LogP contribution is -2.29. The van der Waals surface area contributed by atoms with E-state index in [9.17, 15) is 0 Å². The summed E-state index contributed by atoms with van der Waals surface area (Å²) in [5.41, 5.74) is 8.30. The van der Waals surface area contributed by atoms with Crippen molar-refractivity contribution in [2.45, 2.75) is 12.6 Å². The summed E-state index contributed by atoms with van der Waals surface area (Å²) < 4.78 is 5.06. The van der Waals surface area contributed by atoms with Crippen LogP contribution in [-0.2, 0) is 6.54 Å². The van der Waals surface area contributed by atoms with E-state index in [1.165, 1.54) is 11.1 Å². The first-order chi connectivity index (χ1) is 7.81. The third-order valence-corrected chi connectivity index (χ3v) is 3.40. The molecule has 3 nitrogen and oxygen atoms in total. The summed E-state index contributed by atoms with van der Waals surface area (Å²) in [4.78, 5) is 2.24. The van der Waals surface area contributed by atoms with E-state index < -0.39 is 0 Å². The molecule has 0 aromatic carbocycles. The van der Waals surface area contributed by atoms with Crippen molar-refractivity contribution in [1.82, 2.24) is 4.90 Å². The fourth-order valence-electron chi connectivity index (χ4n) is 1.82. The standard InChI is InChI=1S/C12H16N2OS/c1-14(7-10-2-4-15-8-10)12(6-13)11-3-5-16-9-11/h2-5,8-9,12H,6-7,13H2,1H3. The molecule has 0 radical (unpaired) electrons. The van der Waals surface area contributed by atoms with Crippen LogP contribution in [0.1, 0.15) is 17.2 Å². The van der Waals surface area contributed by atoms with Crippen LogP contribution in [0.25, 0.3) is 0 Å². The second-order valence-corrected chi connectivity index (χ2v) is 4.63. The molecule has 1 unspecified atom stereocenters. The first kappa shape index (κ1) is 11.4. The molecule has 0 aliphatic heterocycles. The number of thiophene rings is 1. The Labute approximate surface area is 99.5 Å². The van der Waals surface area contributed by atoms with Gasteiger partial charge >= 0.3 is 0 Å². The van der Waals surface area contributed by atoms with Crippen molar-refractivity contribution in [3.05, 3.63) is 46.5 Å². The normalized spacial score (nSPS) is 13.2. The third-order valence-electron chi connectivity index (χ3n) is 2.70. The molecule has 1 atom stereocenters. The van der Waals surface area contributed by atoms with E-state index in [4.69, 9.17) is 10.2 Å². The summed E-state index contributed by atoms with van der Waals surface area (Å²) in [5, 5.41) is 4.24. The molecule has 0 saturated carbocycles. The zero-order valence-electron chi connectivity index (χ0n) is 9.30. The Morgan fingerprint density at radius 2 is 2.38 bits per heavy atom. The first-order valence-corrected chi connectivity index (χ1v) is 6.19.